The molecule has 2 rings (SSSR count). The molecule has 2 N–H and O–H groups in total. The Labute approximate surface area is 114 Å². The maximum Gasteiger partial charge on any atom is 0.311 e. The maximum absolute atomic E-state index is 11.9. The highest BCUT2D eigenvalue weighted by molar-refractivity contribution is 5.73. The first kappa shape index (κ1) is 14.0. The van der Waals surface area contributed by atoms with E-state index in [4.69, 9.17) is 10.5 Å². The van der Waals surface area contributed by atoms with Crippen molar-refractivity contribution >= 4 is 5.97 Å². The lowest BCUT2D eigenvalue weighted by Gasteiger charge is -2.35. The van der Waals surface area contributed by atoms with Gasteiger partial charge in [0, 0.05) is 25.7 Å². The van der Waals surface area contributed by atoms with Gasteiger partial charge >= 0.3 is 5.97 Å². The topological polar surface area (TPSA) is 55.6 Å². The molecule has 4 nitrogen and oxygen atoms in total. The quantitative estimate of drug-likeness (QED) is 0.833. The normalized spacial score (nSPS) is 24.1. The van der Waals surface area contributed by atoms with Gasteiger partial charge in [-0.1, -0.05) is 30.3 Å². The molecular formula is C15H22N2O2. The molecule has 104 valence electrons. The predicted octanol–water partition coefficient (Wildman–Crippen LogP) is 1.40. The Morgan fingerprint density at radius 3 is 2.84 bits per heavy atom. The second-order valence-corrected chi connectivity index (χ2v) is 5.03. The van der Waals surface area contributed by atoms with Crippen molar-refractivity contribution in [2.75, 3.05) is 19.7 Å². The van der Waals surface area contributed by atoms with Crippen LogP contribution in [0.1, 0.15) is 18.9 Å². The lowest BCUT2D eigenvalue weighted by Crippen LogP contribution is -2.50. The summed E-state index contributed by atoms with van der Waals surface area (Å²) < 4.78 is 5.10. The maximum atomic E-state index is 11.9. The van der Waals surface area contributed by atoms with Gasteiger partial charge in [0.15, 0.2) is 0 Å². The van der Waals surface area contributed by atoms with Crippen LogP contribution in [0.25, 0.3) is 0 Å². The van der Waals surface area contributed by atoms with Gasteiger partial charge in [-0.25, -0.2) is 0 Å². The highest BCUT2D eigenvalue weighted by Crippen LogP contribution is 2.19. The first-order valence-electron chi connectivity index (χ1n) is 6.89. The van der Waals surface area contributed by atoms with Gasteiger partial charge in [0.05, 0.1) is 12.5 Å². The summed E-state index contributed by atoms with van der Waals surface area (Å²) in [6, 6.07) is 10.2. The molecule has 0 unspecified atom stereocenters. The van der Waals surface area contributed by atoms with Crippen LogP contribution in [0.2, 0.25) is 0 Å². The highest BCUT2D eigenvalue weighted by Gasteiger charge is 2.32. The van der Waals surface area contributed by atoms with Gasteiger partial charge in [-0.15, -0.1) is 0 Å². The molecule has 0 amide bonds. The van der Waals surface area contributed by atoms with E-state index in [9.17, 15) is 4.79 Å². The predicted molar refractivity (Wildman–Crippen MR) is 74.4 cm³/mol. The number of nitrogens with zero attached hydrogens (tertiary/aromatic N) is 1. The van der Waals surface area contributed by atoms with Crippen LogP contribution >= 0.6 is 0 Å². The number of benzene rings is 1. The molecule has 0 saturated carbocycles. The second-order valence-electron chi connectivity index (χ2n) is 5.03. The lowest BCUT2D eigenvalue weighted by molar-refractivity contribution is -0.150. The number of nitrogens with two attached hydrogens (primary N) is 1. The summed E-state index contributed by atoms with van der Waals surface area (Å²) in [5.74, 6) is -0.356. The van der Waals surface area contributed by atoms with Crippen LogP contribution < -0.4 is 5.73 Å². The largest absolute Gasteiger partial charge is 0.466 e. The van der Waals surface area contributed by atoms with E-state index in [1.54, 1.807) is 0 Å². The van der Waals surface area contributed by atoms with Crippen molar-refractivity contribution in [1.82, 2.24) is 4.90 Å². The Kier molecular flexibility index (Phi) is 4.93. The molecule has 1 aromatic rings. The van der Waals surface area contributed by atoms with Crippen LogP contribution in [0.5, 0.6) is 0 Å². The van der Waals surface area contributed by atoms with Crippen molar-refractivity contribution in [3.63, 3.8) is 0 Å². The molecule has 19 heavy (non-hydrogen) atoms. The number of carbonyl (C=O) groups excluding carboxylic acids is 1. The minimum absolute atomic E-state index is 0.0777. The molecule has 0 bridgehead atoms. The number of esters is 1. The fraction of sp³-hybridized carbons (Fsp3) is 0.533. The Hall–Kier alpha value is -1.39. The molecule has 0 aromatic heterocycles. The number of likely N-dealkylation sites (tertiary alicyclic amines) is 1. The van der Waals surface area contributed by atoms with Crippen molar-refractivity contribution in [3.05, 3.63) is 35.9 Å². The van der Waals surface area contributed by atoms with Gasteiger partial charge in [-0.05, 0) is 18.9 Å². The molecule has 0 radical (unpaired) electrons. The minimum atomic E-state index is -0.197. The number of hydrogen-bond donors (Lipinski definition) is 1. The molecule has 4 heteroatoms. The molecule has 2 atom stereocenters. The van der Waals surface area contributed by atoms with Gasteiger partial charge < -0.3 is 10.5 Å². The number of carbonyl (C=O) groups is 1. The van der Waals surface area contributed by atoms with Crippen LogP contribution in [0.3, 0.4) is 0 Å². The monoisotopic (exact) mass is 262 g/mol. The summed E-state index contributed by atoms with van der Waals surface area (Å²) >= 11 is 0. The fourth-order valence-corrected chi connectivity index (χ4v) is 2.52. The van der Waals surface area contributed by atoms with Crippen LogP contribution in [0.15, 0.2) is 30.3 Å². The smallest absolute Gasteiger partial charge is 0.311 e. The Morgan fingerprint density at radius 2 is 2.16 bits per heavy atom. The van der Waals surface area contributed by atoms with Crippen LogP contribution in [0, 0.1) is 5.92 Å². The summed E-state index contributed by atoms with van der Waals surface area (Å²) in [5.41, 5.74) is 7.30. The zero-order valence-corrected chi connectivity index (χ0v) is 11.4. The van der Waals surface area contributed by atoms with E-state index in [1.165, 1.54) is 5.56 Å². The molecule has 1 saturated heterocycles. The zero-order chi connectivity index (χ0) is 13.7. The third-order valence-corrected chi connectivity index (χ3v) is 3.59. The Balaban J connectivity index is 1.95. The van der Waals surface area contributed by atoms with E-state index in [1.807, 2.05) is 25.1 Å². The molecule has 0 aliphatic carbocycles. The van der Waals surface area contributed by atoms with E-state index >= 15 is 0 Å². The average molecular weight is 262 g/mol. The third kappa shape index (κ3) is 3.78. The van der Waals surface area contributed by atoms with Crippen molar-refractivity contribution in [1.29, 1.82) is 0 Å². The Morgan fingerprint density at radius 1 is 1.42 bits per heavy atom. The summed E-state index contributed by atoms with van der Waals surface area (Å²) in [6.07, 6.45) is 0.844. The van der Waals surface area contributed by atoms with E-state index in [0.717, 1.165) is 19.5 Å². The van der Waals surface area contributed by atoms with E-state index in [0.29, 0.717) is 13.2 Å². The van der Waals surface area contributed by atoms with Crippen LogP contribution in [0.4, 0.5) is 0 Å². The SMILES string of the molecule is CCOC(=O)[C@@H]1CN(Cc2ccccc2)CC[C@@H]1N. The molecule has 0 spiro atoms. The summed E-state index contributed by atoms with van der Waals surface area (Å²) in [5, 5.41) is 0. The summed E-state index contributed by atoms with van der Waals surface area (Å²) in [7, 11) is 0. The van der Waals surface area contributed by atoms with Crippen LogP contribution in [-0.4, -0.2) is 36.6 Å². The van der Waals surface area contributed by atoms with Crippen molar-refractivity contribution in [2.45, 2.75) is 25.9 Å². The molecule has 1 aliphatic rings. The molecule has 1 aliphatic heterocycles. The standard InChI is InChI=1S/C15H22N2O2/c1-2-19-15(18)13-11-17(9-8-14(13)16)10-12-6-4-3-5-7-12/h3-7,13-14H,2,8-11,16H2,1H3/t13-,14+/m1/s1. The van der Waals surface area contributed by atoms with Gasteiger partial charge in [0.2, 0.25) is 0 Å². The van der Waals surface area contributed by atoms with E-state index in [2.05, 4.69) is 17.0 Å². The van der Waals surface area contributed by atoms with Crippen molar-refractivity contribution in [2.24, 2.45) is 11.7 Å². The van der Waals surface area contributed by atoms with Crippen molar-refractivity contribution in [3.8, 4) is 0 Å². The average Bonchev–Trinajstić information content (AvgIpc) is 2.42. The zero-order valence-electron chi connectivity index (χ0n) is 11.4. The van der Waals surface area contributed by atoms with E-state index < -0.39 is 0 Å². The number of piperidine rings is 1. The summed E-state index contributed by atoms with van der Waals surface area (Å²) in [6.45, 7) is 4.74. The minimum Gasteiger partial charge on any atom is -0.466 e. The molecule has 1 aromatic carbocycles. The Bertz CT molecular complexity index is 408. The lowest BCUT2D eigenvalue weighted by atomic mass is 9.92. The second kappa shape index (κ2) is 6.68. The number of rotatable bonds is 4. The number of hydrogen-bond acceptors (Lipinski definition) is 4. The van der Waals surface area contributed by atoms with Gasteiger partial charge in [-0.3, -0.25) is 9.69 Å². The van der Waals surface area contributed by atoms with Gasteiger partial charge in [-0.2, -0.15) is 0 Å². The third-order valence-electron chi connectivity index (χ3n) is 3.59. The molecule has 1 heterocycles. The molecule has 1 fully saturated rings. The van der Waals surface area contributed by atoms with Gasteiger partial charge in [0.25, 0.3) is 0 Å². The van der Waals surface area contributed by atoms with Crippen LogP contribution in [-0.2, 0) is 16.1 Å². The first-order chi connectivity index (χ1) is 9.20. The first-order valence-corrected chi connectivity index (χ1v) is 6.89. The number of ether oxygens (including phenoxy) is 1. The fourth-order valence-electron chi connectivity index (χ4n) is 2.52. The van der Waals surface area contributed by atoms with Crippen molar-refractivity contribution < 1.29 is 9.53 Å². The summed E-state index contributed by atoms with van der Waals surface area (Å²) in [4.78, 5) is 14.2. The highest BCUT2D eigenvalue weighted by atomic mass is 16.5. The molecular weight excluding hydrogens is 240 g/mol. The van der Waals surface area contributed by atoms with Gasteiger partial charge in [0.1, 0.15) is 0 Å². The van der Waals surface area contributed by atoms with E-state index in [-0.39, 0.29) is 17.9 Å².